The van der Waals surface area contributed by atoms with E-state index in [2.05, 4.69) is 33.4 Å². The summed E-state index contributed by atoms with van der Waals surface area (Å²) in [6.45, 7) is 4.48. The summed E-state index contributed by atoms with van der Waals surface area (Å²) in [6, 6.07) is 10.1. The van der Waals surface area contributed by atoms with Gasteiger partial charge in [0.1, 0.15) is 5.69 Å². The molecule has 3 rings (SSSR count). The molecule has 94 valence electrons. The molecule has 0 fully saturated rings. The largest absolute Gasteiger partial charge is 0.411 e. The molecule has 4 heteroatoms. The summed E-state index contributed by atoms with van der Waals surface area (Å²) in [6.07, 6.45) is 4.93. The predicted octanol–water partition coefficient (Wildman–Crippen LogP) is 3.18. The van der Waals surface area contributed by atoms with Crippen molar-refractivity contribution < 1.29 is 5.21 Å². The minimum absolute atomic E-state index is 0.651. The lowest BCUT2D eigenvalue weighted by atomic mass is 10.2. The van der Waals surface area contributed by atoms with Crippen LogP contribution in [-0.4, -0.2) is 21.0 Å². The molecule has 2 heterocycles. The van der Waals surface area contributed by atoms with E-state index < -0.39 is 0 Å². The van der Waals surface area contributed by atoms with Gasteiger partial charge in [-0.3, -0.25) is 4.98 Å². The minimum atomic E-state index is 0.651. The summed E-state index contributed by atoms with van der Waals surface area (Å²) in [5.74, 6) is 0. The third-order valence-electron chi connectivity index (χ3n) is 3.20. The lowest BCUT2D eigenvalue weighted by molar-refractivity contribution is 0.321. The zero-order valence-corrected chi connectivity index (χ0v) is 10.3. The first kappa shape index (κ1) is 11.5. The number of nitrogens with zero attached hydrogens (tertiary/aromatic N) is 3. The molecule has 19 heavy (non-hydrogen) atoms. The normalized spacial score (nSPS) is 11.6. The summed E-state index contributed by atoms with van der Waals surface area (Å²) in [4.78, 5) is 4.27. The lowest BCUT2D eigenvalue weighted by Gasteiger charge is -2.04. The molecule has 4 nitrogen and oxygen atoms in total. The molecule has 0 aliphatic heterocycles. The van der Waals surface area contributed by atoms with E-state index in [9.17, 15) is 0 Å². The first-order valence-corrected chi connectivity index (χ1v) is 6.01. The number of hydrogen-bond donors (Lipinski definition) is 1. The molecular formula is C15H13N3O. The van der Waals surface area contributed by atoms with Gasteiger partial charge >= 0.3 is 0 Å². The summed E-state index contributed by atoms with van der Waals surface area (Å²) in [7, 11) is 0. The topological polar surface area (TPSA) is 50.4 Å². The van der Waals surface area contributed by atoms with Crippen LogP contribution in [0.15, 0.2) is 54.3 Å². The second-order valence-electron chi connectivity index (χ2n) is 4.25. The Morgan fingerprint density at radius 1 is 1.26 bits per heavy atom. The second-order valence-corrected chi connectivity index (χ2v) is 4.25. The average molecular weight is 251 g/mol. The molecule has 3 aromatic rings. The van der Waals surface area contributed by atoms with Gasteiger partial charge in [0, 0.05) is 29.0 Å². The van der Waals surface area contributed by atoms with Gasteiger partial charge in [0.2, 0.25) is 0 Å². The van der Waals surface area contributed by atoms with Gasteiger partial charge in [-0.25, -0.2) is 0 Å². The van der Waals surface area contributed by atoms with Crippen molar-refractivity contribution in [2.45, 2.75) is 6.54 Å². The number of allylic oxidation sites excluding steroid dienone is 1. The van der Waals surface area contributed by atoms with Crippen LogP contribution in [0.25, 0.3) is 21.8 Å². The fourth-order valence-electron chi connectivity index (χ4n) is 2.50. The van der Waals surface area contributed by atoms with Crippen LogP contribution in [0.4, 0.5) is 0 Å². The number of oxime groups is 1. The number of fused-ring (bicyclic) bond motifs is 3. The van der Waals surface area contributed by atoms with E-state index in [-0.39, 0.29) is 0 Å². The highest BCUT2D eigenvalue weighted by Crippen LogP contribution is 2.29. The van der Waals surface area contributed by atoms with Crippen molar-refractivity contribution in [1.29, 1.82) is 0 Å². The Morgan fingerprint density at radius 3 is 2.89 bits per heavy atom. The van der Waals surface area contributed by atoms with Gasteiger partial charge in [0.25, 0.3) is 0 Å². The molecule has 2 aromatic heterocycles. The van der Waals surface area contributed by atoms with Crippen molar-refractivity contribution in [3.8, 4) is 0 Å². The van der Waals surface area contributed by atoms with E-state index in [0.29, 0.717) is 12.2 Å². The Bertz CT molecular complexity index is 787. The molecule has 1 N–H and O–H groups in total. The number of pyridine rings is 1. The summed E-state index contributed by atoms with van der Waals surface area (Å²) >= 11 is 0. The average Bonchev–Trinajstić information content (AvgIpc) is 2.76. The van der Waals surface area contributed by atoms with E-state index >= 15 is 0 Å². The molecular weight excluding hydrogens is 238 g/mol. The third-order valence-corrected chi connectivity index (χ3v) is 3.20. The highest BCUT2D eigenvalue weighted by Gasteiger charge is 2.12. The quantitative estimate of drug-likeness (QED) is 0.336. The summed E-state index contributed by atoms with van der Waals surface area (Å²) in [5, 5.41) is 14.1. The van der Waals surface area contributed by atoms with Gasteiger partial charge in [-0.2, -0.15) is 0 Å². The van der Waals surface area contributed by atoms with Crippen LogP contribution in [0.2, 0.25) is 0 Å². The predicted molar refractivity (Wildman–Crippen MR) is 76.8 cm³/mol. The molecule has 0 unspecified atom stereocenters. The molecule has 0 radical (unpaired) electrons. The Kier molecular flexibility index (Phi) is 2.76. The van der Waals surface area contributed by atoms with Crippen molar-refractivity contribution in [3.63, 3.8) is 0 Å². The summed E-state index contributed by atoms with van der Waals surface area (Å²) < 4.78 is 2.13. The fourth-order valence-corrected chi connectivity index (χ4v) is 2.50. The number of benzene rings is 1. The van der Waals surface area contributed by atoms with Crippen molar-refractivity contribution in [3.05, 3.63) is 54.9 Å². The first-order chi connectivity index (χ1) is 9.36. The Hall–Kier alpha value is -2.62. The van der Waals surface area contributed by atoms with Gasteiger partial charge in [0.05, 0.1) is 11.7 Å². The zero-order chi connectivity index (χ0) is 13.2. The fraction of sp³-hybridized carbons (Fsp3) is 0.0667. The number of aromatic nitrogens is 2. The van der Waals surface area contributed by atoms with Crippen molar-refractivity contribution in [2.24, 2.45) is 5.16 Å². The SMILES string of the molecule is C=CCn1c2ccccc2c2ccnc(/C=N/O)c21. The van der Waals surface area contributed by atoms with E-state index in [0.717, 1.165) is 21.8 Å². The van der Waals surface area contributed by atoms with E-state index in [1.165, 1.54) is 6.21 Å². The van der Waals surface area contributed by atoms with Crippen LogP contribution in [0.3, 0.4) is 0 Å². The van der Waals surface area contributed by atoms with Crippen LogP contribution in [-0.2, 0) is 6.54 Å². The minimum Gasteiger partial charge on any atom is -0.411 e. The maximum Gasteiger partial charge on any atom is 0.109 e. The molecule has 0 spiro atoms. The highest BCUT2D eigenvalue weighted by atomic mass is 16.4. The van der Waals surface area contributed by atoms with Gasteiger partial charge in [0.15, 0.2) is 0 Å². The first-order valence-electron chi connectivity index (χ1n) is 6.01. The smallest absolute Gasteiger partial charge is 0.109 e. The molecule has 0 saturated heterocycles. The van der Waals surface area contributed by atoms with Crippen molar-refractivity contribution in [1.82, 2.24) is 9.55 Å². The Labute approximate surface area is 110 Å². The highest BCUT2D eigenvalue weighted by molar-refractivity contribution is 6.12. The number of hydrogen-bond acceptors (Lipinski definition) is 3. The van der Waals surface area contributed by atoms with Crippen LogP contribution >= 0.6 is 0 Å². The maximum absolute atomic E-state index is 8.77. The maximum atomic E-state index is 8.77. The Morgan fingerprint density at radius 2 is 2.11 bits per heavy atom. The van der Waals surface area contributed by atoms with Gasteiger partial charge in [-0.15, -0.1) is 6.58 Å². The standard InChI is InChI=1S/C15H13N3O/c1-2-9-18-14-6-4-3-5-11(14)12-7-8-16-13(10-17-19)15(12)18/h2-8,10,19H,1,9H2/b17-10+. The van der Waals surface area contributed by atoms with Gasteiger partial charge < -0.3 is 9.77 Å². The monoisotopic (exact) mass is 251 g/mol. The van der Waals surface area contributed by atoms with Crippen molar-refractivity contribution in [2.75, 3.05) is 0 Å². The lowest BCUT2D eigenvalue weighted by Crippen LogP contribution is -1.99. The third kappa shape index (κ3) is 1.69. The van der Waals surface area contributed by atoms with E-state index in [4.69, 9.17) is 5.21 Å². The Balaban J connectivity index is 2.52. The van der Waals surface area contributed by atoms with Crippen LogP contribution in [0.1, 0.15) is 5.69 Å². The van der Waals surface area contributed by atoms with E-state index in [1.54, 1.807) is 6.20 Å². The molecule has 0 aliphatic carbocycles. The van der Waals surface area contributed by atoms with Gasteiger partial charge in [-0.05, 0) is 12.1 Å². The second kappa shape index (κ2) is 4.57. The molecule has 0 aliphatic rings. The number of para-hydroxylation sites is 1. The summed E-state index contributed by atoms with van der Waals surface area (Å²) in [5.41, 5.74) is 2.73. The van der Waals surface area contributed by atoms with Crippen LogP contribution in [0, 0.1) is 0 Å². The molecule has 0 saturated carbocycles. The van der Waals surface area contributed by atoms with Gasteiger partial charge in [-0.1, -0.05) is 29.4 Å². The van der Waals surface area contributed by atoms with Crippen LogP contribution in [0.5, 0.6) is 0 Å². The molecule has 0 bridgehead atoms. The van der Waals surface area contributed by atoms with E-state index in [1.807, 2.05) is 24.3 Å². The number of rotatable bonds is 3. The zero-order valence-electron chi connectivity index (χ0n) is 10.3. The van der Waals surface area contributed by atoms with Crippen LogP contribution < -0.4 is 0 Å². The van der Waals surface area contributed by atoms with Crippen molar-refractivity contribution >= 4 is 28.0 Å². The molecule has 0 amide bonds. The molecule has 1 aromatic carbocycles. The molecule has 0 atom stereocenters.